The summed E-state index contributed by atoms with van der Waals surface area (Å²) in [6.07, 6.45) is 4.28. The van der Waals surface area contributed by atoms with Crippen molar-refractivity contribution >= 4 is 28.3 Å². The summed E-state index contributed by atoms with van der Waals surface area (Å²) in [5.74, 6) is 0.498. The van der Waals surface area contributed by atoms with Crippen LogP contribution in [-0.2, 0) is 21.9 Å². The van der Waals surface area contributed by atoms with Gasteiger partial charge in [0.05, 0.1) is 0 Å². The third-order valence-electron chi connectivity index (χ3n) is 4.14. The molecule has 0 bridgehead atoms. The predicted octanol–water partition coefficient (Wildman–Crippen LogP) is 0.159. The molecule has 0 aliphatic carbocycles. The average molecular weight is 380 g/mol. The normalized spacial score (nSPS) is 18.9. The van der Waals surface area contributed by atoms with Gasteiger partial charge in [0.2, 0.25) is 5.91 Å². The fourth-order valence-corrected chi connectivity index (χ4v) is 4.44. The van der Waals surface area contributed by atoms with Gasteiger partial charge in [0, 0.05) is 45.3 Å². The number of aryl methyl sites for hydroxylation is 2. The Labute approximate surface area is 149 Å². The zero-order chi connectivity index (χ0) is 17.0. The molecule has 3 N–H and O–H groups in total. The summed E-state index contributed by atoms with van der Waals surface area (Å²) < 4.78 is 28.9. The molecule has 0 spiro atoms. The largest absolute Gasteiger partial charge is 0.354 e. The number of carbonyl (C=O) groups excluding carboxylic acids is 1. The lowest BCUT2D eigenvalue weighted by Gasteiger charge is -2.34. The van der Waals surface area contributed by atoms with E-state index in [1.807, 2.05) is 0 Å². The van der Waals surface area contributed by atoms with Crippen molar-refractivity contribution in [3.63, 3.8) is 0 Å². The molecule has 1 fully saturated rings. The van der Waals surface area contributed by atoms with Gasteiger partial charge in [0.25, 0.3) is 10.0 Å². The lowest BCUT2D eigenvalue weighted by Crippen LogP contribution is -2.49. The Morgan fingerprint density at radius 3 is 2.75 bits per heavy atom. The summed E-state index contributed by atoms with van der Waals surface area (Å²) in [5, 5.41) is 2.84. The van der Waals surface area contributed by atoms with Crippen LogP contribution >= 0.6 is 12.4 Å². The zero-order valence-electron chi connectivity index (χ0n) is 14.1. The Kier molecular flexibility index (Phi) is 7.65. The number of aromatic nitrogens is 2. The first kappa shape index (κ1) is 20.9. The van der Waals surface area contributed by atoms with E-state index in [1.165, 1.54) is 10.5 Å². The van der Waals surface area contributed by atoms with E-state index in [9.17, 15) is 13.2 Å². The highest BCUT2D eigenvalue weighted by Crippen LogP contribution is 2.24. The van der Waals surface area contributed by atoms with Gasteiger partial charge in [-0.2, -0.15) is 4.31 Å². The number of halogens is 1. The molecule has 0 saturated carbocycles. The van der Waals surface area contributed by atoms with Crippen LogP contribution in [-0.4, -0.2) is 53.9 Å². The minimum Gasteiger partial charge on any atom is -0.354 e. The van der Waals surface area contributed by atoms with Gasteiger partial charge in [-0.3, -0.25) is 4.79 Å². The maximum atomic E-state index is 12.9. The molecule has 2 heterocycles. The number of amides is 1. The predicted molar refractivity (Wildman–Crippen MR) is 93.4 cm³/mol. The highest BCUT2D eigenvalue weighted by molar-refractivity contribution is 7.89. The second-order valence-electron chi connectivity index (χ2n) is 5.85. The summed E-state index contributed by atoms with van der Waals surface area (Å²) in [5.41, 5.74) is 5.35. The molecule has 1 aromatic rings. The van der Waals surface area contributed by atoms with E-state index >= 15 is 0 Å². The van der Waals surface area contributed by atoms with Crippen molar-refractivity contribution in [2.75, 3.05) is 19.6 Å². The van der Waals surface area contributed by atoms with Gasteiger partial charge in [-0.25, -0.2) is 13.4 Å². The molecule has 1 atom stereocenters. The molecular weight excluding hydrogens is 354 g/mol. The number of hydrogen-bond acceptors (Lipinski definition) is 5. The van der Waals surface area contributed by atoms with Gasteiger partial charge in [-0.1, -0.05) is 6.42 Å². The van der Waals surface area contributed by atoms with Crippen LogP contribution < -0.4 is 11.1 Å². The fraction of sp³-hybridized carbons (Fsp3) is 0.714. The molecule has 2 rings (SSSR count). The van der Waals surface area contributed by atoms with Crippen LogP contribution in [0.1, 0.15) is 31.5 Å². The number of nitrogens with one attached hydrogen (secondary N) is 1. The number of nitrogens with two attached hydrogens (primary N) is 1. The summed E-state index contributed by atoms with van der Waals surface area (Å²) >= 11 is 0. The van der Waals surface area contributed by atoms with Crippen molar-refractivity contribution in [1.82, 2.24) is 19.2 Å². The summed E-state index contributed by atoms with van der Waals surface area (Å²) in [6.45, 7) is 2.81. The van der Waals surface area contributed by atoms with Crippen molar-refractivity contribution in [2.24, 2.45) is 12.8 Å². The number of imidazole rings is 1. The van der Waals surface area contributed by atoms with Gasteiger partial charge in [-0.05, 0) is 19.8 Å². The maximum Gasteiger partial charge on any atom is 0.262 e. The highest BCUT2D eigenvalue weighted by Gasteiger charge is 2.35. The summed E-state index contributed by atoms with van der Waals surface area (Å²) in [4.78, 5) is 15.7. The summed E-state index contributed by atoms with van der Waals surface area (Å²) in [7, 11) is -1.88. The van der Waals surface area contributed by atoms with Crippen LogP contribution in [0.4, 0.5) is 0 Å². The van der Waals surface area contributed by atoms with Crippen molar-refractivity contribution in [2.45, 2.75) is 43.7 Å². The second kappa shape index (κ2) is 8.80. The lowest BCUT2D eigenvalue weighted by molar-refractivity contribution is -0.121. The molecule has 1 aliphatic rings. The van der Waals surface area contributed by atoms with E-state index in [0.29, 0.717) is 18.9 Å². The van der Waals surface area contributed by atoms with Gasteiger partial charge in [0.1, 0.15) is 5.82 Å². The highest BCUT2D eigenvalue weighted by atomic mass is 35.5. The molecule has 10 heteroatoms. The standard InChI is InChI=1S/C14H25N5O3S.ClH/c1-11-17-14(10-18(11)2)23(21,22)19-8-4-3-5-12(19)9-16-13(20)6-7-15;/h10,12H,3-9,15H2,1-2H3,(H,16,20);1H. The number of nitrogens with zero attached hydrogens (tertiary/aromatic N) is 3. The quantitative estimate of drug-likeness (QED) is 0.731. The minimum absolute atomic E-state index is 0. The van der Waals surface area contributed by atoms with Crippen molar-refractivity contribution < 1.29 is 13.2 Å². The number of piperidine rings is 1. The molecule has 1 unspecified atom stereocenters. The number of hydrogen-bond donors (Lipinski definition) is 2. The number of rotatable bonds is 6. The fourth-order valence-electron chi connectivity index (χ4n) is 2.72. The maximum absolute atomic E-state index is 12.9. The van der Waals surface area contributed by atoms with Gasteiger partial charge >= 0.3 is 0 Å². The van der Waals surface area contributed by atoms with Crippen LogP contribution in [0.15, 0.2) is 11.2 Å². The summed E-state index contributed by atoms with van der Waals surface area (Å²) in [6, 6.07) is -0.238. The molecule has 1 amide bonds. The van der Waals surface area contributed by atoms with E-state index in [-0.39, 0.29) is 42.3 Å². The Morgan fingerprint density at radius 1 is 1.46 bits per heavy atom. The first-order valence-electron chi connectivity index (χ1n) is 7.85. The molecule has 0 radical (unpaired) electrons. The Balaban J connectivity index is 0.00000288. The molecule has 1 saturated heterocycles. The van der Waals surface area contributed by atoms with Gasteiger partial charge in [0.15, 0.2) is 5.03 Å². The number of carbonyl (C=O) groups is 1. The Hall–Kier alpha value is -1.16. The van der Waals surface area contributed by atoms with E-state index < -0.39 is 10.0 Å². The van der Waals surface area contributed by atoms with Crippen molar-refractivity contribution in [3.05, 3.63) is 12.0 Å². The number of sulfonamides is 1. The lowest BCUT2D eigenvalue weighted by atomic mass is 10.1. The SMILES string of the molecule is Cc1nc(S(=O)(=O)N2CCCCC2CNC(=O)CCN)cn1C.Cl. The monoisotopic (exact) mass is 379 g/mol. The van der Waals surface area contributed by atoms with Gasteiger partial charge < -0.3 is 15.6 Å². The Morgan fingerprint density at radius 2 is 2.17 bits per heavy atom. The first-order valence-corrected chi connectivity index (χ1v) is 9.29. The minimum atomic E-state index is -3.65. The van der Waals surface area contributed by atoms with Crippen LogP contribution in [0.2, 0.25) is 0 Å². The molecule has 1 aromatic heterocycles. The smallest absolute Gasteiger partial charge is 0.262 e. The molecule has 8 nitrogen and oxygen atoms in total. The van der Waals surface area contributed by atoms with Crippen molar-refractivity contribution in [3.8, 4) is 0 Å². The van der Waals surface area contributed by atoms with Gasteiger partial charge in [-0.15, -0.1) is 12.4 Å². The first-order chi connectivity index (χ1) is 10.9. The third kappa shape index (κ3) is 4.69. The van der Waals surface area contributed by atoms with Crippen molar-refractivity contribution in [1.29, 1.82) is 0 Å². The molecule has 24 heavy (non-hydrogen) atoms. The molecular formula is C14H26ClN5O3S. The molecule has 0 aromatic carbocycles. The Bertz CT molecular complexity index is 642. The van der Waals surface area contributed by atoms with E-state index in [2.05, 4.69) is 10.3 Å². The molecule has 1 aliphatic heterocycles. The van der Waals surface area contributed by atoms with Crippen LogP contribution in [0, 0.1) is 6.92 Å². The second-order valence-corrected chi connectivity index (χ2v) is 7.68. The van der Waals surface area contributed by atoms with Crippen LogP contribution in [0.5, 0.6) is 0 Å². The topological polar surface area (TPSA) is 110 Å². The van der Waals surface area contributed by atoms with E-state index in [4.69, 9.17) is 5.73 Å². The van der Waals surface area contributed by atoms with E-state index in [0.717, 1.165) is 19.3 Å². The zero-order valence-corrected chi connectivity index (χ0v) is 15.7. The van der Waals surface area contributed by atoms with Crippen LogP contribution in [0.3, 0.4) is 0 Å². The van der Waals surface area contributed by atoms with Crippen LogP contribution in [0.25, 0.3) is 0 Å². The average Bonchev–Trinajstić information content (AvgIpc) is 2.86. The third-order valence-corrected chi connectivity index (χ3v) is 5.96. The molecule has 138 valence electrons. The van der Waals surface area contributed by atoms with E-state index in [1.54, 1.807) is 18.5 Å².